The van der Waals surface area contributed by atoms with E-state index in [9.17, 15) is 4.39 Å². The zero-order chi connectivity index (χ0) is 17.8. The fraction of sp³-hybridized carbons (Fsp3) is 0.136. The standard InChI is InChI=1S/C22H20FN3/c23-21-4-1-17(2-5-21)14-26(15-18-7-10-24-11-8-18)16-19-3-6-22-20(13-19)9-12-25-22/h1-13,25H,14-16H2. The summed E-state index contributed by atoms with van der Waals surface area (Å²) in [6, 6.07) is 19.4. The van der Waals surface area contributed by atoms with E-state index in [4.69, 9.17) is 0 Å². The van der Waals surface area contributed by atoms with Crippen LogP contribution < -0.4 is 0 Å². The quantitative estimate of drug-likeness (QED) is 0.539. The number of hydrogen-bond acceptors (Lipinski definition) is 2. The van der Waals surface area contributed by atoms with Gasteiger partial charge in [-0.05, 0) is 64.5 Å². The van der Waals surface area contributed by atoms with Crippen molar-refractivity contribution in [1.29, 1.82) is 0 Å². The lowest BCUT2D eigenvalue weighted by Gasteiger charge is -2.23. The maximum Gasteiger partial charge on any atom is 0.123 e. The van der Waals surface area contributed by atoms with Gasteiger partial charge in [-0.1, -0.05) is 18.2 Å². The molecule has 0 radical (unpaired) electrons. The molecule has 0 spiro atoms. The van der Waals surface area contributed by atoms with Crippen LogP contribution in [-0.4, -0.2) is 14.9 Å². The minimum atomic E-state index is -0.202. The molecule has 2 heterocycles. The van der Waals surface area contributed by atoms with Gasteiger partial charge in [0.15, 0.2) is 0 Å². The molecule has 0 saturated heterocycles. The van der Waals surface area contributed by atoms with E-state index in [2.05, 4.69) is 39.1 Å². The highest BCUT2D eigenvalue weighted by molar-refractivity contribution is 5.79. The van der Waals surface area contributed by atoms with Crippen LogP contribution >= 0.6 is 0 Å². The lowest BCUT2D eigenvalue weighted by Crippen LogP contribution is -2.22. The van der Waals surface area contributed by atoms with Gasteiger partial charge in [0, 0.05) is 43.7 Å². The van der Waals surface area contributed by atoms with E-state index in [1.54, 1.807) is 0 Å². The SMILES string of the molecule is Fc1ccc(CN(Cc2ccncc2)Cc2ccc3[nH]ccc3c2)cc1. The van der Waals surface area contributed by atoms with Crippen LogP contribution in [0.5, 0.6) is 0 Å². The molecule has 4 rings (SSSR count). The highest BCUT2D eigenvalue weighted by Gasteiger charge is 2.09. The van der Waals surface area contributed by atoms with Gasteiger partial charge in [0.25, 0.3) is 0 Å². The van der Waals surface area contributed by atoms with Crippen LogP contribution in [0.2, 0.25) is 0 Å². The number of nitrogens with zero attached hydrogens (tertiary/aromatic N) is 2. The van der Waals surface area contributed by atoms with Crippen molar-refractivity contribution in [3.8, 4) is 0 Å². The van der Waals surface area contributed by atoms with Gasteiger partial charge < -0.3 is 4.98 Å². The molecule has 0 unspecified atom stereocenters. The van der Waals surface area contributed by atoms with E-state index in [-0.39, 0.29) is 5.82 Å². The molecule has 4 heteroatoms. The zero-order valence-corrected chi connectivity index (χ0v) is 14.4. The summed E-state index contributed by atoms with van der Waals surface area (Å²) < 4.78 is 13.2. The summed E-state index contributed by atoms with van der Waals surface area (Å²) >= 11 is 0. The number of nitrogens with one attached hydrogen (secondary N) is 1. The third kappa shape index (κ3) is 3.98. The summed E-state index contributed by atoms with van der Waals surface area (Å²) in [5.41, 5.74) is 4.72. The van der Waals surface area contributed by atoms with Crippen molar-refractivity contribution in [1.82, 2.24) is 14.9 Å². The molecule has 0 aliphatic heterocycles. The average Bonchev–Trinajstić information content (AvgIpc) is 3.12. The van der Waals surface area contributed by atoms with Gasteiger partial charge in [0.2, 0.25) is 0 Å². The van der Waals surface area contributed by atoms with Crippen molar-refractivity contribution < 1.29 is 4.39 Å². The van der Waals surface area contributed by atoms with Crippen molar-refractivity contribution in [3.63, 3.8) is 0 Å². The molecule has 130 valence electrons. The van der Waals surface area contributed by atoms with Crippen molar-refractivity contribution in [3.05, 3.63) is 102 Å². The number of pyridine rings is 1. The Morgan fingerprint density at radius 3 is 2.19 bits per heavy atom. The minimum absolute atomic E-state index is 0.202. The van der Waals surface area contributed by atoms with Gasteiger partial charge >= 0.3 is 0 Å². The average molecular weight is 345 g/mol. The number of fused-ring (bicyclic) bond motifs is 1. The van der Waals surface area contributed by atoms with Crippen LogP contribution in [0.4, 0.5) is 4.39 Å². The Balaban J connectivity index is 1.57. The summed E-state index contributed by atoms with van der Waals surface area (Å²) in [6.07, 6.45) is 5.59. The van der Waals surface area contributed by atoms with Crippen molar-refractivity contribution >= 4 is 10.9 Å². The fourth-order valence-electron chi connectivity index (χ4n) is 3.22. The Kier molecular flexibility index (Phi) is 4.75. The lowest BCUT2D eigenvalue weighted by atomic mass is 10.1. The van der Waals surface area contributed by atoms with Crippen molar-refractivity contribution in [2.75, 3.05) is 0 Å². The number of halogens is 1. The number of benzene rings is 2. The number of hydrogen-bond donors (Lipinski definition) is 1. The van der Waals surface area contributed by atoms with Crippen LogP contribution in [0, 0.1) is 5.82 Å². The van der Waals surface area contributed by atoms with Crippen LogP contribution in [0.25, 0.3) is 10.9 Å². The molecule has 0 atom stereocenters. The first-order valence-electron chi connectivity index (χ1n) is 8.68. The molecule has 4 aromatic rings. The van der Waals surface area contributed by atoms with Crippen LogP contribution in [0.15, 0.2) is 79.3 Å². The van der Waals surface area contributed by atoms with Crippen molar-refractivity contribution in [2.24, 2.45) is 0 Å². The molecule has 0 saturated carbocycles. The van der Waals surface area contributed by atoms with E-state index < -0.39 is 0 Å². The topological polar surface area (TPSA) is 31.9 Å². The van der Waals surface area contributed by atoms with Gasteiger partial charge in [0.05, 0.1) is 0 Å². The first kappa shape index (κ1) is 16.5. The predicted octanol–water partition coefficient (Wildman–Crippen LogP) is 4.90. The molecule has 2 aromatic carbocycles. The largest absolute Gasteiger partial charge is 0.361 e. The summed E-state index contributed by atoms with van der Waals surface area (Å²) in [4.78, 5) is 9.68. The Bertz CT molecular complexity index is 977. The highest BCUT2D eigenvalue weighted by atomic mass is 19.1. The third-order valence-corrected chi connectivity index (χ3v) is 4.50. The Hall–Kier alpha value is -2.98. The van der Waals surface area contributed by atoms with E-state index in [0.717, 1.165) is 30.7 Å². The monoisotopic (exact) mass is 345 g/mol. The number of H-pyrrole nitrogens is 1. The third-order valence-electron chi connectivity index (χ3n) is 4.50. The zero-order valence-electron chi connectivity index (χ0n) is 14.4. The second kappa shape index (κ2) is 7.50. The van der Waals surface area contributed by atoms with E-state index >= 15 is 0 Å². The second-order valence-electron chi connectivity index (χ2n) is 6.53. The molecule has 0 fully saturated rings. The molecule has 3 nitrogen and oxygen atoms in total. The van der Waals surface area contributed by atoms with Crippen molar-refractivity contribution in [2.45, 2.75) is 19.6 Å². The molecule has 26 heavy (non-hydrogen) atoms. The normalized spacial score (nSPS) is 11.3. The predicted molar refractivity (Wildman–Crippen MR) is 102 cm³/mol. The first-order chi connectivity index (χ1) is 12.8. The van der Waals surface area contributed by atoms with Crippen LogP contribution in [-0.2, 0) is 19.6 Å². The van der Waals surface area contributed by atoms with Gasteiger partial charge in [-0.15, -0.1) is 0 Å². The first-order valence-corrected chi connectivity index (χ1v) is 8.68. The molecular weight excluding hydrogens is 325 g/mol. The number of aromatic nitrogens is 2. The highest BCUT2D eigenvalue weighted by Crippen LogP contribution is 2.18. The van der Waals surface area contributed by atoms with E-state index in [1.807, 2.05) is 42.9 Å². The van der Waals surface area contributed by atoms with Crippen LogP contribution in [0.3, 0.4) is 0 Å². The minimum Gasteiger partial charge on any atom is -0.361 e. The lowest BCUT2D eigenvalue weighted by molar-refractivity contribution is 0.247. The molecule has 0 amide bonds. The molecular formula is C22H20FN3. The molecule has 2 aromatic heterocycles. The number of rotatable bonds is 6. The molecule has 0 aliphatic rings. The number of aromatic amines is 1. The molecule has 1 N–H and O–H groups in total. The Morgan fingerprint density at radius 1 is 0.769 bits per heavy atom. The van der Waals surface area contributed by atoms with Gasteiger partial charge in [-0.25, -0.2) is 4.39 Å². The molecule has 0 bridgehead atoms. The smallest absolute Gasteiger partial charge is 0.123 e. The summed E-state index contributed by atoms with van der Waals surface area (Å²) in [5.74, 6) is -0.202. The van der Waals surface area contributed by atoms with Crippen LogP contribution in [0.1, 0.15) is 16.7 Å². The summed E-state index contributed by atoms with van der Waals surface area (Å²) in [6.45, 7) is 2.39. The summed E-state index contributed by atoms with van der Waals surface area (Å²) in [7, 11) is 0. The fourth-order valence-corrected chi connectivity index (χ4v) is 3.22. The Morgan fingerprint density at radius 2 is 1.42 bits per heavy atom. The van der Waals surface area contributed by atoms with Gasteiger partial charge in [-0.3, -0.25) is 9.88 Å². The maximum absolute atomic E-state index is 13.2. The second-order valence-corrected chi connectivity index (χ2v) is 6.53. The van der Waals surface area contributed by atoms with Gasteiger partial charge in [-0.2, -0.15) is 0 Å². The summed E-state index contributed by atoms with van der Waals surface area (Å²) in [5, 5.41) is 1.22. The maximum atomic E-state index is 13.2. The molecule has 0 aliphatic carbocycles. The van der Waals surface area contributed by atoms with Gasteiger partial charge in [0.1, 0.15) is 5.82 Å². The van der Waals surface area contributed by atoms with E-state index in [0.29, 0.717) is 0 Å². The Labute approximate surface area is 152 Å². The van der Waals surface area contributed by atoms with E-state index in [1.165, 1.54) is 28.6 Å².